The molecule has 0 spiro atoms. The Morgan fingerprint density at radius 2 is 1.96 bits per heavy atom. The average molecular weight is 381 g/mol. The van der Waals surface area contributed by atoms with Crippen molar-refractivity contribution < 1.29 is 22.5 Å². The molecule has 0 saturated carbocycles. The van der Waals surface area contributed by atoms with Crippen molar-refractivity contribution in [2.24, 2.45) is 0 Å². The summed E-state index contributed by atoms with van der Waals surface area (Å²) in [5.74, 6) is -1.83. The van der Waals surface area contributed by atoms with Crippen molar-refractivity contribution in [1.29, 1.82) is 0 Å². The number of nitro groups is 1. The van der Waals surface area contributed by atoms with Crippen molar-refractivity contribution in [3.05, 3.63) is 63.5 Å². The van der Waals surface area contributed by atoms with E-state index in [-0.39, 0.29) is 28.4 Å². The van der Waals surface area contributed by atoms with Gasteiger partial charge < -0.3 is 5.32 Å². The third kappa shape index (κ3) is 4.03. The third-order valence-corrected chi connectivity index (χ3v) is 5.12. The van der Waals surface area contributed by atoms with E-state index in [1.807, 2.05) is 0 Å². The molecule has 2 aromatic carbocycles. The van der Waals surface area contributed by atoms with Crippen LogP contribution in [0.25, 0.3) is 0 Å². The highest BCUT2D eigenvalue weighted by Gasteiger charge is 2.21. The molecule has 0 heterocycles. The van der Waals surface area contributed by atoms with Crippen LogP contribution in [0.5, 0.6) is 0 Å². The fraction of sp³-hybridized carbons (Fsp3) is 0.188. The van der Waals surface area contributed by atoms with Crippen molar-refractivity contribution in [3.63, 3.8) is 0 Å². The number of nitro benzene ring substituents is 1. The SMILES string of the molecule is CCNS(=O)(=O)c1ccc(F)c(C(=O)Nc2cccc([N+](=O)[O-])c2C)c1. The van der Waals surface area contributed by atoms with Crippen molar-refractivity contribution >= 4 is 27.3 Å². The summed E-state index contributed by atoms with van der Waals surface area (Å²) < 4.78 is 40.3. The molecule has 0 atom stereocenters. The first-order valence-electron chi connectivity index (χ1n) is 7.52. The van der Waals surface area contributed by atoms with Gasteiger partial charge >= 0.3 is 0 Å². The predicted octanol–water partition coefficient (Wildman–Crippen LogP) is 2.59. The minimum atomic E-state index is -3.87. The number of sulfonamides is 1. The number of amides is 1. The van der Waals surface area contributed by atoms with Gasteiger partial charge in [-0.1, -0.05) is 13.0 Å². The fourth-order valence-electron chi connectivity index (χ4n) is 2.27. The summed E-state index contributed by atoms with van der Waals surface area (Å²) in [6.45, 7) is 3.16. The number of benzene rings is 2. The second-order valence-electron chi connectivity index (χ2n) is 5.30. The van der Waals surface area contributed by atoms with Gasteiger partial charge in [0.05, 0.1) is 26.6 Å². The zero-order valence-electron chi connectivity index (χ0n) is 13.9. The maximum absolute atomic E-state index is 14.0. The van der Waals surface area contributed by atoms with E-state index in [9.17, 15) is 27.7 Å². The van der Waals surface area contributed by atoms with Gasteiger partial charge in [0.1, 0.15) is 5.82 Å². The van der Waals surface area contributed by atoms with Gasteiger partial charge in [-0.15, -0.1) is 0 Å². The highest BCUT2D eigenvalue weighted by atomic mass is 32.2. The summed E-state index contributed by atoms with van der Waals surface area (Å²) in [5, 5.41) is 13.3. The standard InChI is InChI=1S/C16H16FN3O5S/c1-3-18-26(24,25)11-7-8-13(17)12(9-11)16(21)19-14-5-4-6-15(10(14)2)20(22)23/h4-9,18H,3H2,1-2H3,(H,19,21). The molecule has 138 valence electrons. The molecule has 2 N–H and O–H groups in total. The van der Waals surface area contributed by atoms with Crippen LogP contribution in [0.1, 0.15) is 22.8 Å². The molecule has 0 unspecified atom stereocenters. The Morgan fingerprint density at radius 3 is 2.58 bits per heavy atom. The van der Waals surface area contributed by atoms with Crippen LogP contribution in [0.4, 0.5) is 15.8 Å². The number of rotatable bonds is 6. The van der Waals surface area contributed by atoms with Crippen LogP contribution in [0.3, 0.4) is 0 Å². The van der Waals surface area contributed by atoms with Gasteiger partial charge in [-0.05, 0) is 31.2 Å². The van der Waals surface area contributed by atoms with Crippen molar-refractivity contribution in [1.82, 2.24) is 4.72 Å². The Labute approximate surface area is 149 Å². The molecule has 2 rings (SSSR count). The van der Waals surface area contributed by atoms with E-state index >= 15 is 0 Å². The largest absolute Gasteiger partial charge is 0.321 e. The monoisotopic (exact) mass is 381 g/mol. The van der Waals surface area contributed by atoms with Gasteiger partial charge in [0.25, 0.3) is 11.6 Å². The summed E-state index contributed by atoms with van der Waals surface area (Å²) in [7, 11) is -3.87. The zero-order chi connectivity index (χ0) is 19.5. The third-order valence-electron chi connectivity index (χ3n) is 3.58. The predicted molar refractivity (Wildman–Crippen MR) is 93.0 cm³/mol. The van der Waals surface area contributed by atoms with Gasteiger partial charge in [-0.3, -0.25) is 14.9 Å². The van der Waals surface area contributed by atoms with Gasteiger partial charge in [0.2, 0.25) is 10.0 Å². The van der Waals surface area contributed by atoms with E-state index in [2.05, 4.69) is 10.0 Å². The highest BCUT2D eigenvalue weighted by Crippen LogP contribution is 2.26. The summed E-state index contributed by atoms with van der Waals surface area (Å²) in [4.78, 5) is 22.5. The average Bonchev–Trinajstić information content (AvgIpc) is 2.56. The maximum Gasteiger partial charge on any atom is 0.274 e. The molecule has 0 aromatic heterocycles. The minimum Gasteiger partial charge on any atom is -0.321 e. The molecular formula is C16H16FN3O5S. The summed E-state index contributed by atoms with van der Waals surface area (Å²) in [5.41, 5.74) is -0.368. The molecule has 0 fully saturated rings. The molecule has 10 heteroatoms. The van der Waals surface area contributed by atoms with Crippen molar-refractivity contribution in [2.75, 3.05) is 11.9 Å². The molecule has 0 aliphatic carbocycles. The lowest BCUT2D eigenvalue weighted by Gasteiger charge is -2.11. The lowest BCUT2D eigenvalue weighted by Crippen LogP contribution is -2.24. The number of carbonyl (C=O) groups excluding carboxylic acids is 1. The van der Waals surface area contributed by atoms with E-state index in [0.717, 1.165) is 18.2 Å². The molecule has 0 radical (unpaired) electrons. The molecule has 8 nitrogen and oxygen atoms in total. The number of nitrogens with zero attached hydrogens (tertiary/aromatic N) is 1. The van der Waals surface area contributed by atoms with Gasteiger partial charge in [0, 0.05) is 12.6 Å². The van der Waals surface area contributed by atoms with E-state index in [1.165, 1.54) is 25.1 Å². The number of halogens is 1. The van der Waals surface area contributed by atoms with Gasteiger partial charge in [-0.2, -0.15) is 0 Å². The summed E-state index contributed by atoms with van der Waals surface area (Å²) in [6, 6.07) is 6.91. The van der Waals surface area contributed by atoms with Gasteiger partial charge in [-0.25, -0.2) is 17.5 Å². The highest BCUT2D eigenvalue weighted by molar-refractivity contribution is 7.89. The molecule has 1 amide bonds. The van der Waals surface area contributed by atoms with Crippen molar-refractivity contribution in [3.8, 4) is 0 Å². The van der Waals surface area contributed by atoms with Crippen LogP contribution in [0, 0.1) is 22.9 Å². The summed E-state index contributed by atoms with van der Waals surface area (Å²) >= 11 is 0. The Hall–Kier alpha value is -2.85. The smallest absolute Gasteiger partial charge is 0.274 e. The van der Waals surface area contributed by atoms with Crippen LogP contribution in [0.2, 0.25) is 0 Å². The molecule has 26 heavy (non-hydrogen) atoms. The molecule has 0 bridgehead atoms. The number of anilines is 1. The molecule has 2 aromatic rings. The van der Waals surface area contributed by atoms with E-state index in [0.29, 0.717) is 0 Å². The van der Waals surface area contributed by atoms with E-state index in [4.69, 9.17) is 0 Å². The van der Waals surface area contributed by atoms with Crippen molar-refractivity contribution in [2.45, 2.75) is 18.7 Å². The minimum absolute atomic E-state index is 0.128. The van der Waals surface area contributed by atoms with Gasteiger partial charge in [0.15, 0.2) is 0 Å². The van der Waals surface area contributed by atoms with E-state index in [1.54, 1.807) is 6.92 Å². The Bertz CT molecular complexity index is 976. The Kier molecular flexibility index (Phi) is 5.68. The lowest BCUT2D eigenvalue weighted by molar-refractivity contribution is -0.385. The first kappa shape index (κ1) is 19.5. The van der Waals surface area contributed by atoms with Crippen LogP contribution in [-0.4, -0.2) is 25.8 Å². The lowest BCUT2D eigenvalue weighted by atomic mass is 10.1. The Morgan fingerprint density at radius 1 is 1.27 bits per heavy atom. The number of hydrogen-bond donors (Lipinski definition) is 2. The van der Waals surface area contributed by atoms with Crippen LogP contribution < -0.4 is 10.0 Å². The first-order chi connectivity index (χ1) is 12.2. The number of carbonyl (C=O) groups is 1. The van der Waals surface area contributed by atoms with Crippen LogP contribution in [0.15, 0.2) is 41.3 Å². The second-order valence-corrected chi connectivity index (χ2v) is 7.07. The summed E-state index contributed by atoms with van der Waals surface area (Å²) in [6.07, 6.45) is 0. The first-order valence-corrected chi connectivity index (χ1v) is 9.00. The number of hydrogen-bond acceptors (Lipinski definition) is 5. The topological polar surface area (TPSA) is 118 Å². The quantitative estimate of drug-likeness (QED) is 0.589. The van der Waals surface area contributed by atoms with Crippen LogP contribution >= 0.6 is 0 Å². The number of nitrogens with one attached hydrogen (secondary N) is 2. The molecule has 0 saturated heterocycles. The van der Waals surface area contributed by atoms with Crippen LogP contribution in [-0.2, 0) is 10.0 Å². The zero-order valence-corrected chi connectivity index (χ0v) is 14.8. The Balaban J connectivity index is 2.39. The van der Waals surface area contributed by atoms with E-state index < -0.39 is 32.2 Å². The second kappa shape index (κ2) is 7.58. The maximum atomic E-state index is 14.0. The normalized spacial score (nSPS) is 11.2. The fourth-order valence-corrected chi connectivity index (χ4v) is 3.33. The molecule has 0 aliphatic heterocycles. The molecule has 0 aliphatic rings. The molecular weight excluding hydrogens is 365 g/mol.